The van der Waals surface area contributed by atoms with Crippen molar-refractivity contribution in [3.63, 3.8) is 0 Å². The zero-order valence-corrected chi connectivity index (χ0v) is 12.8. The Morgan fingerprint density at radius 2 is 1.81 bits per heavy atom. The Kier molecular flexibility index (Phi) is 3.24. The van der Waals surface area contributed by atoms with Gasteiger partial charge in [0, 0.05) is 19.3 Å². The van der Waals surface area contributed by atoms with Gasteiger partial charge >= 0.3 is 5.97 Å². The van der Waals surface area contributed by atoms with Crippen LogP contribution in [0.25, 0.3) is 0 Å². The molecule has 114 valence electrons. The van der Waals surface area contributed by atoms with E-state index >= 15 is 0 Å². The molecule has 3 rings (SSSR count). The van der Waals surface area contributed by atoms with E-state index in [0.717, 1.165) is 32.2 Å². The summed E-state index contributed by atoms with van der Waals surface area (Å²) in [5.74, 6) is -1.02. The van der Waals surface area contributed by atoms with E-state index < -0.39 is 15.8 Å². The fourth-order valence-corrected chi connectivity index (χ4v) is 3.72. The lowest BCUT2D eigenvalue weighted by Crippen LogP contribution is -2.35. The van der Waals surface area contributed by atoms with Gasteiger partial charge in [-0.2, -0.15) is 0 Å². The minimum Gasteiger partial charge on any atom is -0.478 e. The smallest absolute Gasteiger partial charge is 0.337 e. The first-order valence-electron chi connectivity index (χ1n) is 7.13. The fourth-order valence-electron chi connectivity index (χ4n) is 3.08. The summed E-state index contributed by atoms with van der Waals surface area (Å²) >= 11 is 0. The second-order valence-corrected chi connectivity index (χ2v) is 8.26. The largest absolute Gasteiger partial charge is 0.478 e. The van der Waals surface area contributed by atoms with Crippen molar-refractivity contribution in [2.24, 2.45) is 5.41 Å². The van der Waals surface area contributed by atoms with Crippen molar-refractivity contribution in [1.82, 2.24) is 0 Å². The molecule has 0 bridgehead atoms. The highest BCUT2D eigenvalue weighted by atomic mass is 32.2. The van der Waals surface area contributed by atoms with Crippen molar-refractivity contribution < 1.29 is 18.3 Å². The number of anilines is 1. The van der Waals surface area contributed by atoms with E-state index in [1.54, 1.807) is 0 Å². The van der Waals surface area contributed by atoms with Gasteiger partial charge in [-0.05, 0) is 49.3 Å². The van der Waals surface area contributed by atoms with Gasteiger partial charge in [0.15, 0.2) is 9.84 Å². The summed E-state index contributed by atoms with van der Waals surface area (Å²) in [6.45, 7) is 1.60. The number of aromatic carboxylic acids is 1. The molecule has 21 heavy (non-hydrogen) atoms. The lowest BCUT2D eigenvalue weighted by atomic mass is 9.93. The predicted octanol–water partition coefficient (Wildman–Crippen LogP) is 2.17. The van der Waals surface area contributed by atoms with Crippen molar-refractivity contribution in [3.05, 3.63) is 23.8 Å². The van der Waals surface area contributed by atoms with E-state index in [4.69, 9.17) is 0 Å². The molecular weight excluding hydrogens is 290 g/mol. The number of carbonyl (C=O) groups is 1. The van der Waals surface area contributed by atoms with E-state index in [2.05, 4.69) is 0 Å². The number of benzene rings is 1. The van der Waals surface area contributed by atoms with Gasteiger partial charge in [0.05, 0.1) is 16.1 Å². The van der Waals surface area contributed by atoms with Gasteiger partial charge in [-0.15, -0.1) is 0 Å². The van der Waals surface area contributed by atoms with E-state index in [1.807, 2.05) is 4.90 Å². The SMILES string of the molecule is CS(=O)(=O)c1ccc(C(=O)O)c(N2CCC3(CC2)CC3)c1. The number of rotatable bonds is 3. The zero-order valence-electron chi connectivity index (χ0n) is 12.0. The first-order valence-corrected chi connectivity index (χ1v) is 9.02. The Hall–Kier alpha value is -1.56. The van der Waals surface area contributed by atoms with Gasteiger partial charge in [-0.3, -0.25) is 0 Å². The summed E-state index contributed by atoms with van der Waals surface area (Å²) in [7, 11) is -3.34. The average Bonchev–Trinajstić information content (AvgIpc) is 3.17. The van der Waals surface area contributed by atoms with Crippen LogP contribution >= 0.6 is 0 Å². The van der Waals surface area contributed by atoms with Crippen molar-refractivity contribution in [2.75, 3.05) is 24.2 Å². The topological polar surface area (TPSA) is 74.7 Å². The van der Waals surface area contributed by atoms with Gasteiger partial charge in [0.25, 0.3) is 0 Å². The Labute approximate surface area is 124 Å². The molecule has 0 radical (unpaired) electrons. The normalized spacial score (nSPS) is 20.5. The van der Waals surface area contributed by atoms with Crippen LogP contribution in [-0.2, 0) is 9.84 Å². The Morgan fingerprint density at radius 3 is 2.29 bits per heavy atom. The lowest BCUT2D eigenvalue weighted by molar-refractivity contribution is 0.0697. The lowest BCUT2D eigenvalue weighted by Gasteiger charge is -2.34. The highest BCUT2D eigenvalue weighted by Crippen LogP contribution is 2.54. The number of hydrogen-bond donors (Lipinski definition) is 1. The van der Waals surface area contributed by atoms with Crippen LogP contribution in [-0.4, -0.2) is 38.8 Å². The molecule has 1 aliphatic heterocycles. The van der Waals surface area contributed by atoms with E-state index in [-0.39, 0.29) is 10.5 Å². The number of sulfone groups is 1. The van der Waals surface area contributed by atoms with Crippen molar-refractivity contribution in [2.45, 2.75) is 30.6 Å². The van der Waals surface area contributed by atoms with Crippen LogP contribution in [0.5, 0.6) is 0 Å². The molecule has 1 N–H and O–H groups in total. The van der Waals surface area contributed by atoms with Crippen LogP contribution in [0, 0.1) is 5.41 Å². The number of nitrogens with zero attached hydrogens (tertiary/aromatic N) is 1. The number of carboxylic acids is 1. The van der Waals surface area contributed by atoms with Crippen LogP contribution in [0.2, 0.25) is 0 Å². The molecule has 1 aromatic carbocycles. The summed E-state index contributed by atoms with van der Waals surface area (Å²) in [5, 5.41) is 9.33. The zero-order chi connectivity index (χ0) is 15.3. The molecule has 0 aromatic heterocycles. The van der Waals surface area contributed by atoms with Crippen LogP contribution in [0.3, 0.4) is 0 Å². The molecule has 0 atom stereocenters. The first kappa shape index (κ1) is 14.4. The maximum atomic E-state index is 11.7. The molecule has 1 spiro atoms. The molecule has 5 nitrogen and oxygen atoms in total. The van der Waals surface area contributed by atoms with Crippen molar-refractivity contribution in [1.29, 1.82) is 0 Å². The molecule has 0 unspecified atom stereocenters. The highest BCUT2D eigenvalue weighted by Gasteiger charge is 2.44. The highest BCUT2D eigenvalue weighted by molar-refractivity contribution is 7.90. The number of carboxylic acid groups (broad SMARTS) is 1. The van der Waals surface area contributed by atoms with Gasteiger partial charge < -0.3 is 10.0 Å². The predicted molar refractivity (Wildman–Crippen MR) is 79.6 cm³/mol. The molecule has 1 saturated heterocycles. The molecule has 2 fully saturated rings. The summed E-state index contributed by atoms with van der Waals surface area (Å²) in [4.78, 5) is 13.6. The summed E-state index contributed by atoms with van der Waals surface area (Å²) in [6.07, 6.45) is 5.82. The van der Waals surface area contributed by atoms with Gasteiger partial charge in [0.1, 0.15) is 0 Å². The Balaban J connectivity index is 1.96. The van der Waals surface area contributed by atoms with Gasteiger partial charge in [-0.25, -0.2) is 13.2 Å². The van der Waals surface area contributed by atoms with Gasteiger partial charge in [0.2, 0.25) is 0 Å². The number of piperidine rings is 1. The minimum atomic E-state index is -3.34. The summed E-state index contributed by atoms with van der Waals surface area (Å²) < 4.78 is 23.4. The van der Waals surface area contributed by atoms with E-state index in [9.17, 15) is 18.3 Å². The Bertz CT molecular complexity index is 682. The third kappa shape index (κ3) is 2.77. The molecule has 1 aliphatic carbocycles. The Morgan fingerprint density at radius 1 is 1.19 bits per heavy atom. The number of hydrogen-bond acceptors (Lipinski definition) is 4. The molecule has 0 amide bonds. The first-order chi connectivity index (χ1) is 9.81. The molecule has 2 aliphatic rings. The van der Waals surface area contributed by atoms with Crippen molar-refractivity contribution in [3.8, 4) is 0 Å². The third-order valence-electron chi connectivity index (χ3n) is 4.75. The van der Waals surface area contributed by atoms with Gasteiger partial charge in [-0.1, -0.05) is 0 Å². The minimum absolute atomic E-state index is 0.175. The second kappa shape index (κ2) is 4.73. The van der Waals surface area contributed by atoms with Crippen LogP contribution in [0.1, 0.15) is 36.0 Å². The summed E-state index contributed by atoms with van der Waals surface area (Å²) in [5.41, 5.74) is 1.20. The fraction of sp³-hybridized carbons (Fsp3) is 0.533. The maximum Gasteiger partial charge on any atom is 0.337 e. The molecule has 1 aromatic rings. The second-order valence-electron chi connectivity index (χ2n) is 6.24. The van der Waals surface area contributed by atoms with Crippen LogP contribution < -0.4 is 4.90 Å². The molecular formula is C15H19NO4S. The van der Waals surface area contributed by atoms with Crippen molar-refractivity contribution >= 4 is 21.5 Å². The van der Waals surface area contributed by atoms with E-state index in [1.165, 1.54) is 31.0 Å². The third-order valence-corrected chi connectivity index (χ3v) is 5.86. The maximum absolute atomic E-state index is 11.7. The average molecular weight is 309 g/mol. The molecule has 1 heterocycles. The van der Waals surface area contributed by atoms with Crippen LogP contribution in [0.15, 0.2) is 23.1 Å². The summed E-state index contributed by atoms with van der Waals surface area (Å²) in [6, 6.07) is 4.27. The van der Waals surface area contributed by atoms with Crippen LogP contribution in [0.4, 0.5) is 5.69 Å². The monoisotopic (exact) mass is 309 g/mol. The standard InChI is InChI=1S/C15H19NO4S/c1-21(19,20)11-2-3-12(14(17)18)13(10-11)16-8-6-15(4-5-15)7-9-16/h2-3,10H,4-9H2,1H3,(H,17,18). The molecule has 1 saturated carbocycles. The molecule has 6 heteroatoms. The quantitative estimate of drug-likeness (QED) is 0.926. The van der Waals surface area contributed by atoms with E-state index in [0.29, 0.717) is 11.1 Å².